The quantitative estimate of drug-likeness (QED) is 0.776. The number of hydrogen-bond acceptors (Lipinski definition) is 5. The molecule has 0 amide bonds. The third-order valence-electron chi connectivity index (χ3n) is 1.96. The van der Waals surface area contributed by atoms with Crippen molar-refractivity contribution in [1.82, 2.24) is 0 Å². The molecule has 0 saturated carbocycles. The van der Waals surface area contributed by atoms with Crippen LogP contribution >= 0.6 is 0 Å². The Kier molecular flexibility index (Phi) is 4.51. The highest BCUT2D eigenvalue weighted by Gasteiger charge is 2.25. The van der Waals surface area contributed by atoms with Crippen LogP contribution in [0.3, 0.4) is 0 Å². The lowest BCUT2D eigenvalue weighted by atomic mass is 10.2. The van der Waals surface area contributed by atoms with Crippen molar-refractivity contribution < 1.29 is 20.5 Å². The van der Waals surface area contributed by atoms with Gasteiger partial charge in [0.25, 0.3) is 10.1 Å². The molecule has 0 heterocycles. The smallest absolute Gasteiger partial charge is 0.198 e. The summed E-state index contributed by atoms with van der Waals surface area (Å²) in [6, 6.07) is 5.80. The van der Waals surface area contributed by atoms with Crippen molar-refractivity contribution in [3.63, 3.8) is 0 Å². The van der Waals surface area contributed by atoms with Crippen molar-refractivity contribution in [2.75, 3.05) is 5.75 Å². The van der Waals surface area contributed by atoms with Crippen LogP contribution in [0, 0.1) is 11.8 Å². The van der Waals surface area contributed by atoms with Gasteiger partial charge in [0.05, 0.1) is 5.75 Å². The second-order valence-electron chi connectivity index (χ2n) is 3.24. The Labute approximate surface area is 107 Å². The first-order valence-electron chi connectivity index (χ1n) is 5.03. The Morgan fingerprint density at radius 3 is 2.33 bits per heavy atom. The average molecular weight is 288 g/mol. The Balaban J connectivity index is 3.33. The second-order valence-corrected chi connectivity index (χ2v) is 6.82. The Hall–Kier alpha value is -1.36. The first kappa shape index (κ1) is 14.7. The second kappa shape index (κ2) is 5.52. The van der Waals surface area contributed by atoms with E-state index >= 15 is 0 Å². The fourth-order valence-electron chi connectivity index (χ4n) is 1.14. The lowest BCUT2D eigenvalue weighted by molar-refractivity contribution is 0.462. The van der Waals surface area contributed by atoms with Gasteiger partial charge in [-0.3, -0.25) is 0 Å². The molecule has 0 atom stereocenters. The van der Waals surface area contributed by atoms with E-state index < -0.39 is 26.0 Å². The molecule has 0 N–H and O–H groups in total. The molecule has 0 spiro atoms. The van der Waals surface area contributed by atoms with Gasteiger partial charge in [0.1, 0.15) is 4.90 Å². The molecule has 0 aliphatic rings. The van der Waals surface area contributed by atoms with E-state index in [1.165, 1.54) is 25.1 Å². The van der Waals surface area contributed by atoms with Crippen LogP contribution in [-0.2, 0) is 23.9 Å². The monoisotopic (exact) mass is 288 g/mol. The normalized spacial score (nSPS) is 11.7. The highest BCUT2D eigenvalue weighted by atomic mass is 32.3. The molecule has 0 bridgehead atoms. The average Bonchev–Trinajstić information content (AvgIpc) is 2.29. The van der Waals surface area contributed by atoms with E-state index in [9.17, 15) is 16.8 Å². The van der Waals surface area contributed by atoms with Gasteiger partial charge in [0.15, 0.2) is 0 Å². The zero-order valence-corrected chi connectivity index (χ0v) is 11.5. The summed E-state index contributed by atoms with van der Waals surface area (Å²) in [5.41, 5.74) is 0.200. The molecule has 0 aliphatic heterocycles. The molecule has 0 radical (unpaired) electrons. The third kappa shape index (κ3) is 3.57. The van der Waals surface area contributed by atoms with Crippen LogP contribution in [0.2, 0.25) is 0 Å². The van der Waals surface area contributed by atoms with Gasteiger partial charge in [-0.2, -0.15) is 16.8 Å². The summed E-state index contributed by atoms with van der Waals surface area (Å²) in [5, 5.41) is 0. The fourth-order valence-corrected chi connectivity index (χ4v) is 3.55. The van der Waals surface area contributed by atoms with Crippen molar-refractivity contribution in [3.05, 3.63) is 29.8 Å². The number of hydrogen-bond donors (Lipinski definition) is 0. The van der Waals surface area contributed by atoms with Gasteiger partial charge >= 0.3 is 10.1 Å². The molecule has 98 valence electrons. The minimum absolute atomic E-state index is 0.200. The highest BCUT2D eigenvalue weighted by Crippen LogP contribution is 2.19. The Morgan fingerprint density at radius 2 is 1.78 bits per heavy atom. The predicted octanol–water partition coefficient (Wildman–Crippen LogP) is 1.11. The minimum Gasteiger partial charge on any atom is -0.198 e. The summed E-state index contributed by atoms with van der Waals surface area (Å²) in [6.07, 6.45) is 0. The van der Waals surface area contributed by atoms with E-state index in [1.807, 2.05) is 0 Å². The summed E-state index contributed by atoms with van der Waals surface area (Å²) in [4.78, 5) is -0.253. The van der Waals surface area contributed by atoms with Crippen LogP contribution < -0.4 is 0 Å². The Bertz CT molecular complexity index is 690. The SMILES string of the molecule is CC#Cc1ccccc1S(=O)(=O)OS(=O)(=O)CC. The molecule has 0 fully saturated rings. The molecule has 1 aromatic rings. The van der Waals surface area contributed by atoms with E-state index in [2.05, 4.69) is 15.5 Å². The first-order valence-corrected chi connectivity index (χ1v) is 8.01. The maximum absolute atomic E-state index is 11.8. The van der Waals surface area contributed by atoms with E-state index in [0.717, 1.165) is 0 Å². The predicted molar refractivity (Wildman–Crippen MR) is 66.7 cm³/mol. The third-order valence-corrected chi connectivity index (χ3v) is 5.11. The van der Waals surface area contributed by atoms with E-state index in [-0.39, 0.29) is 10.5 Å². The lowest BCUT2D eigenvalue weighted by Crippen LogP contribution is -2.16. The molecule has 0 unspecified atom stereocenters. The number of rotatable bonds is 4. The van der Waals surface area contributed by atoms with Gasteiger partial charge in [-0.15, -0.1) is 9.55 Å². The molecular formula is C11H12O5S2. The lowest BCUT2D eigenvalue weighted by Gasteiger charge is -2.06. The van der Waals surface area contributed by atoms with Crippen LogP contribution in [0.4, 0.5) is 0 Å². The molecule has 1 rings (SSSR count). The van der Waals surface area contributed by atoms with Crippen LogP contribution in [0.15, 0.2) is 29.2 Å². The van der Waals surface area contributed by atoms with Crippen molar-refractivity contribution in [2.45, 2.75) is 18.7 Å². The Morgan fingerprint density at radius 1 is 1.17 bits per heavy atom. The molecule has 7 heteroatoms. The standard InChI is InChI=1S/C11H12O5S2/c1-3-7-10-8-5-6-9-11(10)18(14,15)16-17(12,13)4-2/h5-6,8-9H,4H2,1-2H3. The zero-order valence-electron chi connectivity index (χ0n) is 9.87. The zero-order chi connectivity index (χ0) is 13.8. The molecule has 18 heavy (non-hydrogen) atoms. The van der Waals surface area contributed by atoms with E-state index in [0.29, 0.717) is 0 Å². The van der Waals surface area contributed by atoms with Gasteiger partial charge < -0.3 is 0 Å². The molecule has 5 nitrogen and oxygen atoms in total. The van der Waals surface area contributed by atoms with Gasteiger partial charge in [-0.25, -0.2) is 0 Å². The minimum atomic E-state index is -4.37. The van der Waals surface area contributed by atoms with Crippen molar-refractivity contribution in [3.8, 4) is 11.8 Å². The summed E-state index contributed by atoms with van der Waals surface area (Å²) in [7, 11) is -8.47. The van der Waals surface area contributed by atoms with Gasteiger partial charge in [-0.1, -0.05) is 18.1 Å². The van der Waals surface area contributed by atoms with Gasteiger partial charge in [0, 0.05) is 5.56 Å². The maximum Gasteiger partial charge on any atom is 0.312 e. The first-order chi connectivity index (χ1) is 8.32. The molecular weight excluding hydrogens is 276 g/mol. The molecule has 0 aromatic heterocycles. The van der Waals surface area contributed by atoms with E-state index in [4.69, 9.17) is 0 Å². The van der Waals surface area contributed by atoms with Crippen LogP contribution in [0.25, 0.3) is 0 Å². The summed E-state index contributed by atoms with van der Waals surface area (Å²) < 4.78 is 50.3. The summed E-state index contributed by atoms with van der Waals surface area (Å²) in [5.74, 6) is 4.71. The van der Waals surface area contributed by atoms with Crippen LogP contribution in [0.5, 0.6) is 0 Å². The van der Waals surface area contributed by atoms with Crippen molar-refractivity contribution in [1.29, 1.82) is 0 Å². The fraction of sp³-hybridized carbons (Fsp3) is 0.273. The van der Waals surface area contributed by atoms with Crippen molar-refractivity contribution in [2.24, 2.45) is 0 Å². The largest absolute Gasteiger partial charge is 0.312 e. The topological polar surface area (TPSA) is 77.5 Å². The van der Waals surface area contributed by atoms with Crippen LogP contribution in [-0.4, -0.2) is 22.6 Å². The maximum atomic E-state index is 11.8. The highest BCUT2D eigenvalue weighted by molar-refractivity contribution is 7.99. The van der Waals surface area contributed by atoms with Gasteiger partial charge in [0.2, 0.25) is 0 Å². The molecule has 0 aliphatic carbocycles. The molecule has 1 aromatic carbocycles. The van der Waals surface area contributed by atoms with E-state index in [1.54, 1.807) is 13.0 Å². The number of benzene rings is 1. The van der Waals surface area contributed by atoms with Crippen LogP contribution in [0.1, 0.15) is 19.4 Å². The summed E-state index contributed by atoms with van der Waals surface area (Å²) >= 11 is 0. The van der Waals surface area contributed by atoms with Crippen molar-refractivity contribution >= 4 is 20.2 Å². The molecule has 0 saturated heterocycles. The summed E-state index contributed by atoms with van der Waals surface area (Å²) in [6.45, 7) is 2.84. The van der Waals surface area contributed by atoms with Gasteiger partial charge in [-0.05, 0) is 26.0 Å².